The second-order valence-electron chi connectivity index (χ2n) is 8.06. The van der Waals surface area contributed by atoms with Crippen LogP contribution in [-0.4, -0.2) is 19.9 Å². The van der Waals surface area contributed by atoms with Gasteiger partial charge >= 0.3 is 0 Å². The van der Waals surface area contributed by atoms with E-state index in [1.807, 2.05) is 68.4 Å². The Morgan fingerprint density at radius 2 is 1.70 bits per heavy atom. The molecule has 0 aliphatic rings. The van der Waals surface area contributed by atoms with E-state index >= 15 is 0 Å². The molecule has 0 fully saturated rings. The number of para-hydroxylation sites is 2. The summed E-state index contributed by atoms with van der Waals surface area (Å²) in [5, 5.41) is 3.59. The molecule has 0 saturated heterocycles. The van der Waals surface area contributed by atoms with Gasteiger partial charge in [-0.25, -0.2) is 9.38 Å². The molecular weight excluding hydrogens is 436 g/mol. The van der Waals surface area contributed by atoms with Crippen LogP contribution in [0.4, 0.5) is 5.69 Å². The van der Waals surface area contributed by atoms with Crippen LogP contribution in [0, 0.1) is 13.8 Å². The Hall–Kier alpha value is -3.90. The van der Waals surface area contributed by atoms with Gasteiger partial charge in [0.15, 0.2) is 0 Å². The van der Waals surface area contributed by atoms with Crippen molar-refractivity contribution in [2.75, 3.05) is 5.32 Å². The number of anilines is 1. The number of rotatable bonds is 4. The lowest BCUT2D eigenvalue weighted by Crippen LogP contribution is -2.21. The van der Waals surface area contributed by atoms with E-state index in [9.17, 15) is 9.59 Å². The molecule has 2 heterocycles. The lowest BCUT2D eigenvalue weighted by atomic mass is 10.1. The standard InChI is InChI=1S/C26H21ClN4O2/c1-16-7-12-20(17(2)13-16)28-24(32)15-30-22-5-3-4-6-23(22)31-25(33)14-21(29-26(30)31)18-8-10-19(27)11-9-18/h3-14H,15H2,1-2H3,(H,28,32). The Balaban J connectivity index is 1.62. The number of hydrogen-bond acceptors (Lipinski definition) is 3. The molecule has 0 unspecified atom stereocenters. The first-order valence-corrected chi connectivity index (χ1v) is 10.9. The number of carbonyl (C=O) groups is 1. The summed E-state index contributed by atoms with van der Waals surface area (Å²) in [6.45, 7) is 3.99. The molecule has 3 aromatic carbocycles. The fraction of sp³-hybridized carbons (Fsp3) is 0.115. The summed E-state index contributed by atoms with van der Waals surface area (Å²) in [6, 6.07) is 22.0. The SMILES string of the molecule is Cc1ccc(NC(=O)Cn2c3ccccc3n3c(=O)cc(-c4ccc(Cl)cc4)nc23)c(C)c1. The average molecular weight is 457 g/mol. The highest BCUT2D eigenvalue weighted by molar-refractivity contribution is 6.30. The Morgan fingerprint density at radius 3 is 2.42 bits per heavy atom. The molecule has 0 saturated carbocycles. The van der Waals surface area contributed by atoms with Crippen molar-refractivity contribution in [3.05, 3.63) is 99.3 Å². The molecule has 164 valence electrons. The van der Waals surface area contributed by atoms with Gasteiger partial charge in [0.25, 0.3) is 5.56 Å². The molecule has 1 N–H and O–H groups in total. The van der Waals surface area contributed by atoms with Crippen LogP contribution >= 0.6 is 11.6 Å². The smallest absolute Gasteiger partial charge is 0.260 e. The zero-order valence-electron chi connectivity index (χ0n) is 18.2. The van der Waals surface area contributed by atoms with Gasteiger partial charge in [0, 0.05) is 22.3 Å². The predicted molar refractivity (Wildman–Crippen MR) is 132 cm³/mol. The Kier molecular flexibility index (Phi) is 5.23. The van der Waals surface area contributed by atoms with E-state index in [0.29, 0.717) is 22.0 Å². The van der Waals surface area contributed by atoms with Crippen molar-refractivity contribution in [3.63, 3.8) is 0 Å². The normalized spacial score (nSPS) is 11.2. The van der Waals surface area contributed by atoms with E-state index in [0.717, 1.165) is 27.9 Å². The van der Waals surface area contributed by atoms with Gasteiger partial charge in [-0.3, -0.25) is 9.59 Å². The molecule has 5 rings (SSSR count). The highest BCUT2D eigenvalue weighted by Gasteiger charge is 2.17. The molecule has 5 aromatic rings. The summed E-state index contributed by atoms with van der Waals surface area (Å²) >= 11 is 6.01. The highest BCUT2D eigenvalue weighted by Crippen LogP contribution is 2.23. The largest absolute Gasteiger partial charge is 0.324 e. The fourth-order valence-corrected chi connectivity index (χ4v) is 4.20. The number of amides is 1. The second kappa shape index (κ2) is 8.22. The first-order chi connectivity index (χ1) is 15.9. The van der Waals surface area contributed by atoms with Crippen molar-refractivity contribution < 1.29 is 4.79 Å². The van der Waals surface area contributed by atoms with Gasteiger partial charge in [-0.2, -0.15) is 0 Å². The monoisotopic (exact) mass is 456 g/mol. The summed E-state index contributed by atoms with van der Waals surface area (Å²) in [5.74, 6) is 0.209. The van der Waals surface area contributed by atoms with E-state index in [1.54, 1.807) is 21.1 Å². The van der Waals surface area contributed by atoms with Crippen LogP contribution in [0.2, 0.25) is 5.02 Å². The van der Waals surface area contributed by atoms with Crippen LogP contribution in [0.25, 0.3) is 28.1 Å². The summed E-state index contributed by atoms with van der Waals surface area (Å²) in [4.78, 5) is 30.9. The molecule has 7 heteroatoms. The Labute approximate surface area is 195 Å². The quantitative estimate of drug-likeness (QED) is 0.403. The minimum absolute atomic E-state index is 0.0147. The van der Waals surface area contributed by atoms with Crippen molar-refractivity contribution in [1.82, 2.24) is 14.0 Å². The zero-order chi connectivity index (χ0) is 23.1. The van der Waals surface area contributed by atoms with Crippen LogP contribution in [0.3, 0.4) is 0 Å². The number of aryl methyl sites for hydroxylation is 2. The minimum Gasteiger partial charge on any atom is -0.324 e. The number of hydrogen-bond donors (Lipinski definition) is 1. The van der Waals surface area contributed by atoms with Crippen molar-refractivity contribution in [3.8, 4) is 11.3 Å². The molecule has 0 bridgehead atoms. The molecule has 2 aromatic heterocycles. The molecule has 0 aliphatic carbocycles. The van der Waals surface area contributed by atoms with E-state index < -0.39 is 0 Å². The second-order valence-corrected chi connectivity index (χ2v) is 8.50. The summed E-state index contributed by atoms with van der Waals surface area (Å²) in [6.07, 6.45) is 0. The Bertz CT molecular complexity index is 1580. The van der Waals surface area contributed by atoms with Crippen LogP contribution in [0.15, 0.2) is 77.6 Å². The predicted octanol–water partition coefficient (Wildman–Crippen LogP) is 5.23. The fourth-order valence-electron chi connectivity index (χ4n) is 4.08. The Morgan fingerprint density at radius 1 is 0.970 bits per heavy atom. The van der Waals surface area contributed by atoms with Gasteiger partial charge in [-0.05, 0) is 49.7 Å². The van der Waals surface area contributed by atoms with Crippen molar-refractivity contribution in [2.45, 2.75) is 20.4 Å². The third-order valence-corrected chi connectivity index (χ3v) is 5.91. The van der Waals surface area contributed by atoms with E-state index in [2.05, 4.69) is 5.32 Å². The van der Waals surface area contributed by atoms with Gasteiger partial charge in [0.05, 0.1) is 16.7 Å². The number of carbonyl (C=O) groups excluding carboxylic acids is 1. The highest BCUT2D eigenvalue weighted by atomic mass is 35.5. The molecule has 0 aliphatic heterocycles. The maximum absolute atomic E-state index is 13.1. The van der Waals surface area contributed by atoms with Crippen molar-refractivity contribution >= 4 is 40.0 Å². The summed E-state index contributed by atoms with van der Waals surface area (Å²) in [5.41, 5.74) is 5.42. The number of benzene rings is 3. The molecule has 0 spiro atoms. The molecular formula is C26H21ClN4O2. The summed E-state index contributed by atoms with van der Waals surface area (Å²) < 4.78 is 3.31. The topological polar surface area (TPSA) is 68.4 Å². The minimum atomic E-state index is -0.213. The molecule has 33 heavy (non-hydrogen) atoms. The molecule has 6 nitrogen and oxygen atoms in total. The third kappa shape index (κ3) is 3.90. The maximum Gasteiger partial charge on any atom is 0.260 e. The van der Waals surface area contributed by atoms with Crippen LogP contribution in [-0.2, 0) is 11.3 Å². The van der Waals surface area contributed by atoms with E-state index in [4.69, 9.17) is 16.6 Å². The lowest BCUT2D eigenvalue weighted by Gasteiger charge is -2.11. The summed E-state index contributed by atoms with van der Waals surface area (Å²) in [7, 11) is 0. The van der Waals surface area contributed by atoms with Crippen LogP contribution in [0.5, 0.6) is 0 Å². The molecule has 1 amide bonds. The van der Waals surface area contributed by atoms with E-state index in [-0.39, 0.29) is 18.0 Å². The first-order valence-electron chi connectivity index (χ1n) is 10.5. The number of halogens is 1. The number of aromatic nitrogens is 3. The third-order valence-electron chi connectivity index (χ3n) is 5.65. The van der Waals surface area contributed by atoms with Gasteiger partial charge in [-0.1, -0.05) is 53.6 Å². The number of fused-ring (bicyclic) bond motifs is 3. The molecule has 0 radical (unpaired) electrons. The van der Waals surface area contributed by atoms with Crippen LogP contribution < -0.4 is 10.9 Å². The van der Waals surface area contributed by atoms with Crippen molar-refractivity contribution in [1.29, 1.82) is 0 Å². The first kappa shape index (κ1) is 21.0. The average Bonchev–Trinajstić information content (AvgIpc) is 3.10. The van der Waals surface area contributed by atoms with Gasteiger partial charge in [0.2, 0.25) is 11.7 Å². The van der Waals surface area contributed by atoms with Crippen LogP contribution in [0.1, 0.15) is 11.1 Å². The molecule has 0 atom stereocenters. The van der Waals surface area contributed by atoms with Gasteiger partial charge < -0.3 is 9.88 Å². The van der Waals surface area contributed by atoms with E-state index in [1.165, 1.54) is 6.07 Å². The van der Waals surface area contributed by atoms with Crippen molar-refractivity contribution in [2.24, 2.45) is 0 Å². The van der Waals surface area contributed by atoms with Gasteiger partial charge in [-0.15, -0.1) is 0 Å². The number of nitrogens with one attached hydrogen (secondary N) is 1. The lowest BCUT2D eigenvalue weighted by molar-refractivity contribution is -0.116. The maximum atomic E-state index is 13.1. The zero-order valence-corrected chi connectivity index (χ0v) is 18.9. The number of nitrogens with zero attached hydrogens (tertiary/aromatic N) is 3. The number of imidazole rings is 1. The van der Waals surface area contributed by atoms with Gasteiger partial charge in [0.1, 0.15) is 6.54 Å².